The van der Waals surface area contributed by atoms with Crippen LogP contribution in [0.2, 0.25) is 0 Å². The molecule has 1 saturated heterocycles. The van der Waals surface area contributed by atoms with E-state index in [1.165, 1.54) is 4.31 Å². The maximum atomic E-state index is 11.4. The number of nitrogens with zero attached hydrogens (tertiary/aromatic N) is 1. The van der Waals surface area contributed by atoms with Crippen LogP contribution in [0.25, 0.3) is 0 Å². The monoisotopic (exact) mass is 228 g/mol. The smallest absolute Gasteiger partial charge is 0.214 e. The first kappa shape index (κ1) is 13.2. The highest BCUT2D eigenvalue weighted by molar-refractivity contribution is 7.89. The fourth-order valence-corrected chi connectivity index (χ4v) is 3.11. The van der Waals surface area contributed by atoms with Crippen LogP contribution in [0.5, 0.6) is 0 Å². The molecule has 0 radical (unpaired) electrons. The van der Waals surface area contributed by atoms with Crippen LogP contribution < -0.4 is 5.73 Å². The fourth-order valence-electron chi connectivity index (χ4n) is 1.22. The topological polar surface area (TPSA) is 63.4 Å². The number of rotatable bonds is 3. The minimum absolute atomic E-state index is 0. The summed E-state index contributed by atoms with van der Waals surface area (Å²) in [5.41, 5.74) is 5.49. The van der Waals surface area contributed by atoms with Crippen molar-refractivity contribution in [2.75, 3.05) is 18.8 Å². The molecule has 0 aromatic rings. The van der Waals surface area contributed by atoms with Gasteiger partial charge in [-0.05, 0) is 5.92 Å². The molecule has 1 fully saturated rings. The molecule has 0 saturated carbocycles. The summed E-state index contributed by atoms with van der Waals surface area (Å²) in [4.78, 5) is 0. The molecule has 1 aliphatic rings. The van der Waals surface area contributed by atoms with E-state index < -0.39 is 10.0 Å². The Morgan fingerprint density at radius 2 is 1.92 bits per heavy atom. The molecule has 80 valence electrons. The zero-order valence-electron chi connectivity index (χ0n) is 7.93. The first-order valence-corrected chi connectivity index (χ1v) is 5.76. The summed E-state index contributed by atoms with van der Waals surface area (Å²) in [7, 11) is -3.00. The van der Waals surface area contributed by atoms with Crippen molar-refractivity contribution in [3.63, 3.8) is 0 Å². The summed E-state index contributed by atoms with van der Waals surface area (Å²) in [5.74, 6) is 0.423. The molecule has 0 bridgehead atoms. The van der Waals surface area contributed by atoms with Crippen molar-refractivity contribution in [3.05, 3.63) is 0 Å². The molecule has 1 aliphatic heterocycles. The highest BCUT2D eigenvalue weighted by atomic mass is 35.5. The molecular formula is C7H17ClN2O2S. The van der Waals surface area contributed by atoms with E-state index in [1.807, 2.05) is 13.8 Å². The van der Waals surface area contributed by atoms with Crippen LogP contribution in [0.15, 0.2) is 0 Å². The first-order chi connectivity index (χ1) is 5.42. The van der Waals surface area contributed by atoms with Gasteiger partial charge in [0.2, 0.25) is 10.0 Å². The molecule has 4 nitrogen and oxygen atoms in total. The van der Waals surface area contributed by atoms with Crippen LogP contribution >= 0.6 is 12.4 Å². The SMILES string of the molecule is CC(C)CS(=O)(=O)N1CC(N)C1.Cl. The van der Waals surface area contributed by atoms with E-state index in [-0.39, 0.29) is 30.1 Å². The summed E-state index contributed by atoms with van der Waals surface area (Å²) in [5, 5.41) is 0. The van der Waals surface area contributed by atoms with Crippen LogP contribution in [-0.4, -0.2) is 37.6 Å². The second-order valence-electron chi connectivity index (χ2n) is 3.75. The Kier molecular flexibility index (Phi) is 4.65. The minimum atomic E-state index is -3.00. The average Bonchev–Trinajstić information content (AvgIpc) is 1.77. The zero-order valence-corrected chi connectivity index (χ0v) is 9.57. The van der Waals surface area contributed by atoms with E-state index in [2.05, 4.69) is 0 Å². The first-order valence-electron chi connectivity index (χ1n) is 4.15. The standard InChI is InChI=1S/C7H16N2O2S.ClH/c1-6(2)5-12(10,11)9-3-7(8)4-9;/h6-7H,3-5,8H2,1-2H3;1H. The molecule has 0 amide bonds. The van der Waals surface area contributed by atoms with Gasteiger partial charge in [0.05, 0.1) is 5.75 Å². The molecule has 13 heavy (non-hydrogen) atoms. The Morgan fingerprint density at radius 1 is 1.46 bits per heavy atom. The molecule has 1 heterocycles. The van der Waals surface area contributed by atoms with E-state index in [0.717, 1.165) is 0 Å². The third-order valence-corrected chi connectivity index (χ3v) is 3.99. The van der Waals surface area contributed by atoms with Gasteiger partial charge in [0, 0.05) is 19.1 Å². The van der Waals surface area contributed by atoms with E-state index in [1.54, 1.807) is 0 Å². The van der Waals surface area contributed by atoms with Crippen molar-refractivity contribution in [2.45, 2.75) is 19.9 Å². The molecule has 0 aromatic carbocycles. The molecule has 1 rings (SSSR count). The lowest BCUT2D eigenvalue weighted by atomic mass is 10.2. The fraction of sp³-hybridized carbons (Fsp3) is 1.00. The van der Waals surface area contributed by atoms with Crippen LogP contribution in [-0.2, 0) is 10.0 Å². The van der Waals surface area contributed by atoms with E-state index in [9.17, 15) is 8.42 Å². The van der Waals surface area contributed by atoms with Crippen molar-refractivity contribution >= 4 is 22.4 Å². The molecule has 6 heteroatoms. The van der Waals surface area contributed by atoms with E-state index >= 15 is 0 Å². The lowest BCUT2D eigenvalue weighted by Crippen LogP contribution is -2.58. The summed E-state index contributed by atoms with van der Waals surface area (Å²) >= 11 is 0. The van der Waals surface area contributed by atoms with Crippen LogP contribution in [0, 0.1) is 5.92 Å². The Hall–Kier alpha value is 0.160. The van der Waals surface area contributed by atoms with Crippen molar-refractivity contribution in [1.82, 2.24) is 4.31 Å². The summed E-state index contributed by atoms with van der Waals surface area (Å²) in [6.45, 7) is 4.79. The van der Waals surface area contributed by atoms with Crippen molar-refractivity contribution < 1.29 is 8.42 Å². The second-order valence-corrected chi connectivity index (χ2v) is 5.76. The predicted molar refractivity (Wildman–Crippen MR) is 55.4 cm³/mol. The zero-order chi connectivity index (χ0) is 9.35. The quantitative estimate of drug-likeness (QED) is 0.742. The summed E-state index contributed by atoms with van der Waals surface area (Å²) in [6.07, 6.45) is 0. The third kappa shape index (κ3) is 3.42. The molecule has 0 aliphatic carbocycles. The largest absolute Gasteiger partial charge is 0.325 e. The van der Waals surface area contributed by atoms with Crippen molar-refractivity contribution in [3.8, 4) is 0 Å². The van der Waals surface area contributed by atoms with Crippen LogP contribution in [0.4, 0.5) is 0 Å². The van der Waals surface area contributed by atoms with Crippen molar-refractivity contribution in [2.24, 2.45) is 11.7 Å². The van der Waals surface area contributed by atoms with E-state index in [0.29, 0.717) is 13.1 Å². The van der Waals surface area contributed by atoms with E-state index in [4.69, 9.17) is 5.73 Å². The van der Waals surface area contributed by atoms with Gasteiger partial charge in [-0.15, -0.1) is 12.4 Å². The molecule has 0 aromatic heterocycles. The summed E-state index contributed by atoms with van der Waals surface area (Å²) in [6, 6.07) is 0.0481. The highest BCUT2D eigenvalue weighted by Gasteiger charge is 2.33. The second kappa shape index (κ2) is 4.59. The number of hydrogen-bond acceptors (Lipinski definition) is 3. The van der Waals surface area contributed by atoms with Crippen LogP contribution in [0.3, 0.4) is 0 Å². The number of hydrogen-bond donors (Lipinski definition) is 1. The lowest BCUT2D eigenvalue weighted by molar-refractivity contribution is 0.264. The van der Waals surface area contributed by atoms with Gasteiger partial charge in [-0.3, -0.25) is 0 Å². The van der Waals surface area contributed by atoms with Gasteiger partial charge in [-0.2, -0.15) is 4.31 Å². The van der Waals surface area contributed by atoms with Gasteiger partial charge in [-0.1, -0.05) is 13.8 Å². The number of sulfonamides is 1. The Morgan fingerprint density at radius 3 is 2.23 bits per heavy atom. The predicted octanol–water partition coefficient (Wildman–Crippen LogP) is 0.0369. The Bertz CT molecular complexity index is 247. The third-order valence-electron chi connectivity index (χ3n) is 1.81. The van der Waals surface area contributed by atoms with Gasteiger partial charge in [0.1, 0.15) is 0 Å². The number of nitrogens with two attached hydrogens (primary N) is 1. The molecular weight excluding hydrogens is 212 g/mol. The Balaban J connectivity index is 0.00000144. The minimum Gasteiger partial charge on any atom is -0.325 e. The molecule has 0 unspecified atom stereocenters. The summed E-state index contributed by atoms with van der Waals surface area (Å²) < 4.78 is 24.3. The molecule has 0 atom stereocenters. The Labute approximate surface area is 85.9 Å². The highest BCUT2D eigenvalue weighted by Crippen LogP contribution is 2.14. The van der Waals surface area contributed by atoms with Gasteiger partial charge in [0.25, 0.3) is 0 Å². The van der Waals surface area contributed by atoms with Gasteiger partial charge in [0.15, 0.2) is 0 Å². The maximum Gasteiger partial charge on any atom is 0.214 e. The molecule has 0 spiro atoms. The average molecular weight is 229 g/mol. The number of halogens is 1. The van der Waals surface area contributed by atoms with Gasteiger partial charge in [-0.25, -0.2) is 8.42 Å². The lowest BCUT2D eigenvalue weighted by Gasteiger charge is -2.35. The normalized spacial score (nSPS) is 19.7. The van der Waals surface area contributed by atoms with Crippen LogP contribution in [0.1, 0.15) is 13.8 Å². The molecule has 2 N–H and O–H groups in total. The van der Waals surface area contributed by atoms with Crippen molar-refractivity contribution in [1.29, 1.82) is 0 Å². The maximum absolute atomic E-state index is 11.4. The van der Waals surface area contributed by atoms with Gasteiger partial charge < -0.3 is 5.73 Å². The van der Waals surface area contributed by atoms with Gasteiger partial charge >= 0.3 is 0 Å².